The Hall–Kier alpha value is -1.87. The first-order valence-corrected chi connectivity index (χ1v) is 5.83. The van der Waals surface area contributed by atoms with Gasteiger partial charge in [0.2, 0.25) is 0 Å². The summed E-state index contributed by atoms with van der Waals surface area (Å²) in [4.78, 5) is 10.9. The largest absolute Gasteiger partial charge is 0.479 e. The molecule has 2 aromatic carbocycles. The highest BCUT2D eigenvalue weighted by Gasteiger charge is 2.35. The Morgan fingerprint density at radius 1 is 1.11 bits per heavy atom. The molecule has 0 amide bonds. The molecule has 0 saturated carbocycles. The van der Waals surface area contributed by atoms with Crippen molar-refractivity contribution in [1.82, 2.24) is 0 Å². The molecule has 0 bridgehead atoms. The van der Waals surface area contributed by atoms with Crippen LogP contribution in [0.1, 0.15) is 19.4 Å². The number of carbonyl (C=O) groups is 1. The van der Waals surface area contributed by atoms with Crippen molar-refractivity contribution < 1.29 is 15.0 Å². The average molecular weight is 244 g/mol. The summed E-state index contributed by atoms with van der Waals surface area (Å²) in [5, 5.41) is 20.9. The minimum atomic E-state index is -1.42. The van der Waals surface area contributed by atoms with Gasteiger partial charge >= 0.3 is 5.97 Å². The van der Waals surface area contributed by atoms with E-state index in [4.69, 9.17) is 5.11 Å². The third kappa shape index (κ3) is 2.09. The highest BCUT2D eigenvalue weighted by atomic mass is 16.4. The van der Waals surface area contributed by atoms with Crippen LogP contribution in [0.15, 0.2) is 42.5 Å². The quantitative estimate of drug-likeness (QED) is 0.872. The summed E-state index contributed by atoms with van der Waals surface area (Å²) >= 11 is 0. The SMILES string of the molecule is CC(C)(c1ccc2ccccc2c1)C(O)C(=O)O. The number of hydrogen-bond donors (Lipinski definition) is 2. The topological polar surface area (TPSA) is 57.5 Å². The summed E-state index contributed by atoms with van der Waals surface area (Å²) in [5.74, 6) is -1.20. The lowest BCUT2D eigenvalue weighted by atomic mass is 9.78. The van der Waals surface area contributed by atoms with Crippen molar-refractivity contribution in [2.75, 3.05) is 0 Å². The van der Waals surface area contributed by atoms with Crippen LogP contribution >= 0.6 is 0 Å². The minimum Gasteiger partial charge on any atom is -0.479 e. The molecule has 2 N–H and O–H groups in total. The Morgan fingerprint density at radius 2 is 1.72 bits per heavy atom. The number of fused-ring (bicyclic) bond motifs is 1. The van der Waals surface area contributed by atoms with E-state index < -0.39 is 17.5 Å². The summed E-state index contributed by atoms with van der Waals surface area (Å²) in [5.41, 5.74) is -0.00771. The summed E-state index contributed by atoms with van der Waals surface area (Å²) < 4.78 is 0. The summed E-state index contributed by atoms with van der Waals surface area (Å²) in [6.45, 7) is 3.46. The molecule has 1 atom stereocenters. The first-order valence-electron chi connectivity index (χ1n) is 5.83. The maximum Gasteiger partial charge on any atom is 0.333 e. The molecule has 94 valence electrons. The number of aliphatic carboxylic acids is 1. The molecule has 0 aliphatic rings. The van der Waals surface area contributed by atoms with Gasteiger partial charge in [0, 0.05) is 5.41 Å². The van der Waals surface area contributed by atoms with Crippen LogP contribution in [0.5, 0.6) is 0 Å². The maximum atomic E-state index is 10.9. The molecule has 18 heavy (non-hydrogen) atoms. The normalized spacial score (nSPS) is 13.5. The number of rotatable bonds is 3. The van der Waals surface area contributed by atoms with Crippen LogP contribution in [0.3, 0.4) is 0 Å². The molecule has 0 heterocycles. The molecule has 3 heteroatoms. The van der Waals surface area contributed by atoms with E-state index in [2.05, 4.69) is 0 Å². The Labute approximate surface area is 106 Å². The smallest absolute Gasteiger partial charge is 0.333 e. The fourth-order valence-corrected chi connectivity index (χ4v) is 2.06. The van der Waals surface area contributed by atoms with Crippen LogP contribution in [-0.4, -0.2) is 22.3 Å². The highest BCUT2D eigenvalue weighted by molar-refractivity contribution is 5.83. The molecule has 0 aliphatic heterocycles. The lowest BCUT2D eigenvalue weighted by Gasteiger charge is -2.28. The molecule has 0 saturated heterocycles. The number of aliphatic hydroxyl groups is 1. The maximum absolute atomic E-state index is 10.9. The number of hydrogen-bond acceptors (Lipinski definition) is 2. The predicted octanol–water partition coefficient (Wildman–Crippen LogP) is 2.56. The zero-order valence-corrected chi connectivity index (χ0v) is 10.4. The number of benzene rings is 2. The number of carboxylic acids is 1. The van der Waals surface area contributed by atoms with E-state index >= 15 is 0 Å². The van der Waals surface area contributed by atoms with Gasteiger partial charge in [-0.3, -0.25) is 0 Å². The molecular formula is C15H16O3. The average Bonchev–Trinajstić information content (AvgIpc) is 2.37. The first kappa shape index (κ1) is 12.6. The van der Waals surface area contributed by atoms with Crippen molar-refractivity contribution in [1.29, 1.82) is 0 Å². The highest BCUT2D eigenvalue weighted by Crippen LogP contribution is 2.30. The number of aliphatic hydroxyl groups excluding tert-OH is 1. The molecule has 2 aromatic rings. The molecule has 0 aromatic heterocycles. The van der Waals surface area contributed by atoms with Crippen LogP contribution in [0.25, 0.3) is 10.8 Å². The fraction of sp³-hybridized carbons (Fsp3) is 0.267. The van der Waals surface area contributed by atoms with E-state index in [1.165, 1.54) is 0 Å². The van der Waals surface area contributed by atoms with Crippen molar-refractivity contribution in [3.63, 3.8) is 0 Å². The molecule has 2 rings (SSSR count). The van der Waals surface area contributed by atoms with Gasteiger partial charge in [-0.2, -0.15) is 0 Å². The van der Waals surface area contributed by atoms with E-state index in [1.807, 2.05) is 42.5 Å². The van der Waals surface area contributed by atoms with E-state index in [9.17, 15) is 9.90 Å². The molecule has 0 aliphatic carbocycles. The standard InChI is InChI=1S/C15H16O3/c1-15(2,13(16)14(17)18)12-8-7-10-5-3-4-6-11(10)9-12/h3-9,13,16H,1-2H3,(H,17,18). The van der Waals surface area contributed by atoms with Crippen molar-refractivity contribution in [2.45, 2.75) is 25.4 Å². The monoisotopic (exact) mass is 244 g/mol. The van der Waals surface area contributed by atoms with Gasteiger partial charge in [0.25, 0.3) is 0 Å². The van der Waals surface area contributed by atoms with Crippen LogP contribution in [0.2, 0.25) is 0 Å². The second-order valence-corrected chi connectivity index (χ2v) is 5.02. The molecule has 1 unspecified atom stereocenters. The summed E-state index contributed by atoms with van der Waals surface area (Å²) in [6, 6.07) is 13.6. The van der Waals surface area contributed by atoms with Crippen LogP contribution < -0.4 is 0 Å². The van der Waals surface area contributed by atoms with E-state index in [0.717, 1.165) is 16.3 Å². The molecule has 0 radical (unpaired) electrons. The Balaban J connectivity index is 2.50. The molecule has 3 nitrogen and oxygen atoms in total. The first-order chi connectivity index (χ1) is 8.43. The minimum absolute atomic E-state index is 0.816. The van der Waals surface area contributed by atoms with Crippen molar-refractivity contribution in [3.8, 4) is 0 Å². The molecule has 0 spiro atoms. The third-order valence-corrected chi connectivity index (χ3v) is 3.41. The Kier molecular flexibility index (Phi) is 3.09. The van der Waals surface area contributed by atoms with Gasteiger partial charge in [-0.25, -0.2) is 4.79 Å². The second kappa shape index (κ2) is 4.42. The molecular weight excluding hydrogens is 228 g/mol. The second-order valence-electron chi connectivity index (χ2n) is 5.02. The summed E-state index contributed by atoms with van der Waals surface area (Å²) in [6.07, 6.45) is -1.42. The zero-order valence-electron chi connectivity index (χ0n) is 10.4. The van der Waals surface area contributed by atoms with Crippen LogP contribution in [0, 0.1) is 0 Å². The van der Waals surface area contributed by atoms with Crippen molar-refractivity contribution in [2.24, 2.45) is 0 Å². The van der Waals surface area contributed by atoms with Crippen LogP contribution in [0.4, 0.5) is 0 Å². The predicted molar refractivity (Wildman–Crippen MR) is 70.6 cm³/mol. The summed E-state index contributed by atoms with van der Waals surface area (Å²) in [7, 11) is 0. The van der Waals surface area contributed by atoms with Gasteiger partial charge in [0.1, 0.15) is 0 Å². The van der Waals surface area contributed by atoms with Gasteiger partial charge < -0.3 is 10.2 Å². The van der Waals surface area contributed by atoms with Gasteiger partial charge in [-0.05, 0) is 16.3 Å². The van der Waals surface area contributed by atoms with Crippen molar-refractivity contribution in [3.05, 3.63) is 48.0 Å². The van der Waals surface area contributed by atoms with Gasteiger partial charge in [-0.1, -0.05) is 56.3 Å². The molecule has 0 fully saturated rings. The van der Waals surface area contributed by atoms with Gasteiger partial charge in [-0.15, -0.1) is 0 Å². The van der Waals surface area contributed by atoms with Crippen molar-refractivity contribution >= 4 is 16.7 Å². The third-order valence-electron chi connectivity index (χ3n) is 3.41. The Morgan fingerprint density at radius 3 is 2.33 bits per heavy atom. The Bertz CT molecular complexity index is 587. The fourth-order valence-electron chi connectivity index (χ4n) is 2.06. The zero-order chi connectivity index (χ0) is 13.3. The lowest BCUT2D eigenvalue weighted by Crippen LogP contribution is -2.39. The van der Waals surface area contributed by atoms with E-state index in [1.54, 1.807) is 13.8 Å². The van der Waals surface area contributed by atoms with E-state index in [0.29, 0.717) is 0 Å². The number of carboxylic acid groups (broad SMARTS) is 1. The van der Waals surface area contributed by atoms with Gasteiger partial charge in [0.15, 0.2) is 6.10 Å². The van der Waals surface area contributed by atoms with Gasteiger partial charge in [0.05, 0.1) is 0 Å². The van der Waals surface area contributed by atoms with E-state index in [-0.39, 0.29) is 0 Å². The lowest BCUT2D eigenvalue weighted by molar-refractivity contribution is -0.150. The van der Waals surface area contributed by atoms with Crippen LogP contribution in [-0.2, 0) is 10.2 Å².